The van der Waals surface area contributed by atoms with Crippen molar-refractivity contribution < 1.29 is 19.1 Å². The largest absolute Gasteiger partial charge is 0.466 e. The molecule has 1 aromatic heterocycles. The molecule has 0 aliphatic carbocycles. The Morgan fingerprint density at radius 1 is 1.03 bits per heavy atom. The van der Waals surface area contributed by atoms with Crippen LogP contribution in [0.1, 0.15) is 41.3 Å². The van der Waals surface area contributed by atoms with Crippen molar-refractivity contribution in [3.63, 3.8) is 0 Å². The second-order valence-corrected chi connectivity index (χ2v) is 9.42. The van der Waals surface area contributed by atoms with Crippen molar-refractivity contribution in [3.05, 3.63) is 77.6 Å². The van der Waals surface area contributed by atoms with Gasteiger partial charge in [-0.15, -0.1) is 0 Å². The Morgan fingerprint density at radius 3 is 2.57 bits per heavy atom. The number of carbonyl (C=O) groups is 3. The van der Waals surface area contributed by atoms with Crippen LogP contribution in [0.25, 0.3) is 0 Å². The van der Waals surface area contributed by atoms with Crippen LogP contribution in [0.2, 0.25) is 0 Å². The summed E-state index contributed by atoms with van der Waals surface area (Å²) in [6, 6.07) is 15.1. The number of carbonyl (C=O) groups excluding carboxylic acids is 3. The maximum atomic E-state index is 13.3. The summed E-state index contributed by atoms with van der Waals surface area (Å²) in [4.78, 5) is 42.0. The second-order valence-electron chi connectivity index (χ2n) is 9.42. The molecule has 5 rings (SSSR count). The summed E-state index contributed by atoms with van der Waals surface area (Å²) in [5.41, 5.74) is 4.26. The first-order valence-corrected chi connectivity index (χ1v) is 12.7. The Hall–Kier alpha value is -4.14. The van der Waals surface area contributed by atoms with Gasteiger partial charge in [0.15, 0.2) is 0 Å². The van der Waals surface area contributed by atoms with Crippen molar-refractivity contribution >= 4 is 29.2 Å². The number of aromatic nitrogens is 2. The zero-order valence-electron chi connectivity index (χ0n) is 20.9. The third-order valence-corrected chi connectivity index (χ3v) is 7.00. The van der Waals surface area contributed by atoms with Crippen LogP contribution in [0.3, 0.4) is 0 Å². The van der Waals surface area contributed by atoms with Crippen molar-refractivity contribution in [3.8, 4) is 0 Å². The van der Waals surface area contributed by atoms with Gasteiger partial charge in [-0.3, -0.25) is 19.1 Å². The average molecular weight is 502 g/mol. The molecule has 3 heterocycles. The zero-order valence-corrected chi connectivity index (χ0v) is 20.9. The summed E-state index contributed by atoms with van der Waals surface area (Å²) in [6.45, 7) is 4.85. The van der Waals surface area contributed by atoms with Gasteiger partial charge in [-0.2, -0.15) is 5.10 Å². The van der Waals surface area contributed by atoms with Gasteiger partial charge in [0.05, 0.1) is 18.1 Å². The van der Waals surface area contributed by atoms with E-state index < -0.39 is 0 Å². The Kier molecular flexibility index (Phi) is 7.20. The second kappa shape index (κ2) is 10.9. The summed E-state index contributed by atoms with van der Waals surface area (Å²) < 4.78 is 6.80. The zero-order chi connectivity index (χ0) is 25.8. The van der Waals surface area contributed by atoms with Crippen LogP contribution in [-0.4, -0.2) is 52.2 Å². The monoisotopic (exact) mass is 501 g/mol. The molecule has 1 fully saturated rings. The molecule has 1 N–H and O–H groups in total. The van der Waals surface area contributed by atoms with Crippen LogP contribution < -0.4 is 10.2 Å². The summed E-state index contributed by atoms with van der Waals surface area (Å²) in [5, 5.41) is 7.14. The van der Waals surface area contributed by atoms with Crippen LogP contribution in [0.4, 0.5) is 11.4 Å². The predicted octanol–water partition coefficient (Wildman–Crippen LogP) is 3.46. The van der Waals surface area contributed by atoms with Crippen molar-refractivity contribution in [1.29, 1.82) is 0 Å². The molecule has 0 bridgehead atoms. The lowest BCUT2D eigenvalue weighted by atomic mass is 9.96. The third-order valence-electron chi connectivity index (χ3n) is 7.00. The number of anilines is 2. The normalized spacial score (nSPS) is 15.4. The number of benzene rings is 2. The Morgan fingerprint density at radius 2 is 1.81 bits per heavy atom. The van der Waals surface area contributed by atoms with Crippen LogP contribution in [0.5, 0.6) is 0 Å². The first kappa shape index (κ1) is 24.5. The number of nitrogens with one attached hydrogen (secondary N) is 1. The molecule has 2 amide bonds. The van der Waals surface area contributed by atoms with Crippen LogP contribution >= 0.6 is 0 Å². The minimum Gasteiger partial charge on any atom is -0.466 e. The van der Waals surface area contributed by atoms with Gasteiger partial charge in [-0.25, -0.2) is 0 Å². The van der Waals surface area contributed by atoms with Gasteiger partial charge in [0.1, 0.15) is 6.54 Å². The van der Waals surface area contributed by atoms with Gasteiger partial charge in [0.25, 0.3) is 5.91 Å². The van der Waals surface area contributed by atoms with Gasteiger partial charge in [0, 0.05) is 49.9 Å². The van der Waals surface area contributed by atoms with Crippen LogP contribution in [0.15, 0.2) is 60.9 Å². The highest BCUT2D eigenvalue weighted by molar-refractivity contribution is 6.08. The van der Waals surface area contributed by atoms with Crippen molar-refractivity contribution in [1.82, 2.24) is 14.7 Å². The fourth-order valence-corrected chi connectivity index (χ4v) is 5.04. The van der Waals surface area contributed by atoms with E-state index in [1.165, 1.54) is 0 Å². The number of hydrogen-bond donors (Lipinski definition) is 1. The standard InChI is InChI=1S/C28H31N5O4/c1-2-37-28(36)20-10-14-31(15-11-20)25-7-4-3-6-24(25)27(35)30-23-9-8-21-17-32(18-22(21)16-23)26(34)19-33-13-5-12-29-33/h3-9,12-13,16,20H,2,10-11,14-15,17-19H2,1H3,(H,30,35). The SMILES string of the molecule is CCOC(=O)C1CCN(c2ccccc2C(=O)Nc2ccc3c(c2)CN(C(=O)Cn2cccn2)C3)CC1. The van der Waals surface area contributed by atoms with E-state index in [1.54, 1.807) is 28.0 Å². The Labute approximate surface area is 216 Å². The molecule has 2 aromatic carbocycles. The maximum absolute atomic E-state index is 13.3. The lowest BCUT2D eigenvalue weighted by Gasteiger charge is -2.33. The van der Waals surface area contributed by atoms with Gasteiger partial charge >= 0.3 is 5.97 Å². The summed E-state index contributed by atoms with van der Waals surface area (Å²) in [7, 11) is 0. The highest BCUT2D eigenvalue weighted by atomic mass is 16.5. The van der Waals surface area contributed by atoms with Gasteiger partial charge < -0.3 is 19.9 Å². The number of para-hydroxylation sites is 1. The lowest BCUT2D eigenvalue weighted by Crippen LogP contribution is -2.37. The van der Waals surface area contributed by atoms with Gasteiger partial charge in [-0.05, 0) is 61.2 Å². The lowest BCUT2D eigenvalue weighted by molar-refractivity contribution is -0.148. The summed E-state index contributed by atoms with van der Waals surface area (Å²) >= 11 is 0. The number of hydrogen-bond acceptors (Lipinski definition) is 6. The fraction of sp³-hybridized carbons (Fsp3) is 0.357. The number of fused-ring (bicyclic) bond motifs is 1. The highest BCUT2D eigenvalue weighted by Gasteiger charge is 2.28. The van der Waals surface area contributed by atoms with E-state index in [0.717, 1.165) is 16.8 Å². The van der Waals surface area contributed by atoms with Crippen LogP contribution in [0, 0.1) is 5.92 Å². The molecule has 0 atom stereocenters. The molecule has 0 saturated carbocycles. The molecule has 9 heteroatoms. The number of amides is 2. The van der Waals surface area contributed by atoms with E-state index >= 15 is 0 Å². The number of nitrogens with zero attached hydrogens (tertiary/aromatic N) is 4. The first-order chi connectivity index (χ1) is 18.0. The first-order valence-electron chi connectivity index (χ1n) is 12.7. The van der Waals surface area contributed by atoms with E-state index in [9.17, 15) is 14.4 Å². The smallest absolute Gasteiger partial charge is 0.309 e. The molecule has 9 nitrogen and oxygen atoms in total. The van der Waals surface area contributed by atoms with Crippen molar-refractivity contribution in [2.75, 3.05) is 29.9 Å². The number of esters is 1. The Bertz CT molecular complexity index is 1280. The van der Waals surface area contributed by atoms with E-state index in [-0.39, 0.29) is 30.2 Å². The van der Waals surface area contributed by atoms with E-state index in [1.807, 2.05) is 49.4 Å². The maximum Gasteiger partial charge on any atom is 0.309 e. The van der Waals surface area contributed by atoms with Gasteiger partial charge in [-0.1, -0.05) is 18.2 Å². The van der Waals surface area contributed by atoms with E-state index in [0.29, 0.717) is 56.9 Å². The molecule has 2 aliphatic heterocycles. The van der Waals surface area contributed by atoms with Crippen LogP contribution in [-0.2, 0) is 34.0 Å². The quantitative estimate of drug-likeness (QED) is 0.498. The number of ether oxygens (including phenoxy) is 1. The topological polar surface area (TPSA) is 96.8 Å². The van der Waals surface area contributed by atoms with Crippen molar-refractivity contribution in [2.45, 2.75) is 39.4 Å². The van der Waals surface area contributed by atoms with E-state index in [4.69, 9.17) is 4.74 Å². The molecule has 37 heavy (non-hydrogen) atoms. The Balaban J connectivity index is 1.23. The molecule has 0 unspecified atom stereocenters. The highest BCUT2D eigenvalue weighted by Crippen LogP contribution is 2.29. The minimum absolute atomic E-state index is 0.00569. The molecule has 0 spiro atoms. The summed E-state index contributed by atoms with van der Waals surface area (Å²) in [5.74, 6) is -0.403. The number of rotatable bonds is 7. The molecule has 3 aromatic rings. The number of piperidine rings is 1. The molecular formula is C28H31N5O4. The van der Waals surface area contributed by atoms with Gasteiger partial charge in [0.2, 0.25) is 5.91 Å². The molecule has 0 radical (unpaired) electrons. The predicted molar refractivity (Wildman–Crippen MR) is 139 cm³/mol. The molecule has 192 valence electrons. The third kappa shape index (κ3) is 5.50. The molecule has 1 saturated heterocycles. The molecular weight excluding hydrogens is 470 g/mol. The fourth-order valence-electron chi connectivity index (χ4n) is 5.04. The minimum atomic E-state index is -0.187. The van der Waals surface area contributed by atoms with Crippen molar-refractivity contribution in [2.24, 2.45) is 5.92 Å². The molecule has 2 aliphatic rings. The van der Waals surface area contributed by atoms with E-state index in [2.05, 4.69) is 15.3 Å². The average Bonchev–Trinajstić information content (AvgIpc) is 3.58. The summed E-state index contributed by atoms with van der Waals surface area (Å²) in [6.07, 6.45) is 4.84.